The molecular formula is C23H19NO4. The molecule has 140 valence electrons. The number of carbonyl (C=O) groups is 2. The van der Waals surface area contributed by atoms with E-state index in [-0.39, 0.29) is 12.5 Å². The van der Waals surface area contributed by atoms with Crippen LogP contribution in [0.3, 0.4) is 0 Å². The zero-order valence-electron chi connectivity index (χ0n) is 15.3. The van der Waals surface area contributed by atoms with Crippen LogP contribution in [0.15, 0.2) is 77.4 Å². The number of nitrogens with one attached hydrogen (secondary N) is 1. The summed E-state index contributed by atoms with van der Waals surface area (Å²) in [7, 11) is 0. The van der Waals surface area contributed by atoms with E-state index >= 15 is 0 Å². The summed E-state index contributed by atoms with van der Waals surface area (Å²) in [4.78, 5) is 25.3. The molecule has 5 heteroatoms. The normalized spacial score (nSPS) is 12.0. The van der Waals surface area contributed by atoms with E-state index in [1.54, 1.807) is 19.1 Å². The molecule has 28 heavy (non-hydrogen) atoms. The molecule has 0 saturated heterocycles. The smallest absolute Gasteiger partial charge is 0.340 e. The Morgan fingerprint density at radius 1 is 0.964 bits per heavy atom. The first-order valence-corrected chi connectivity index (χ1v) is 9.05. The maximum absolute atomic E-state index is 13.0. The molecule has 0 unspecified atom stereocenters. The van der Waals surface area contributed by atoms with Crippen LogP contribution in [-0.4, -0.2) is 18.0 Å². The van der Waals surface area contributed by atoms with Crippen LogP contribution in [0.1, 0.15) is 23.0 Å². The Morgan fingerprint density at radius 3 is 2.21 bits per heavy atom. The van der Waals surface area contributed by atoms with E-state index in [1.807, 2.05) is 54.6 Å². The molecule has 0 aliphatic carbocycles. The van der Waals surface area contributed by atoms with Gasteiger partial charge >= 0.3 is 5.97 Å². The highest BCUT2D eigenvalue weighted by molar-refractivity contribution is 6.16. The third-order valence-corrected chi connectivity index (χ3v) is 4.65. The maximum atomic E-state index is 13.0. The Balaban J connectivity index is 1.60. The molecule has 3 aromatic carbocycles. The number of esters is 1. The average Bonchev–Trinajstić information content (AvgIpc) is 3.23. The second kappa shape index (κ2) is 7.56. The highest BCUT2D eigenvalue weighted by atomic mass is 16.5. The molecular weight excluding hydrogens is 354 g/mol. The predicted molar refractivity (Wildman–Crippen MR) is 107 cm³/mol. The summed E-state index contributed by atoms with van der Waals surface area (Å²) in [6, 6.07) is 20.9. The molecule has 0 saturated carbocycles. The summed E-state index contributed by atoms with van der Waals surface area (Å²) >= 11 is 0. The van der Waals surface area contributed by atoms with Gasteiger partial charge in [-0.1, -0.05) is 48.5 Å². The summed E-state index contributed by atoms with van der Waals surface area (Å²) in [6.07, 6.45) is 0.608. The van der Waals surface area contributed by atoms with Crippen LogP contribution in [0.25, 0.3) is 21.5 Å². The summed E-state index contributed by atoms with van der Waals surface area (Å²) in [5, 5.41) is 6.20. The number of ether oxygens (including phenoxy) is 1. The van der Waals surface area contributed by atoms with Crippen molar-refractivity contribution in [1.82, 2.24) is 5.32 Å². The topological polar surface area (TPSA) is 68.5 Å². The van der Waals surface area contributed by atoms with Gasteiger partial charge in [-0.3, -0.25) is 4.79 Å². The zero-order valence-corrected chi connectivity index (χ0v) is 15.3. The van der Waals surface area contributed by atoms with E-state index < -0.39 is 12.1 Å². The third-order valence-electron chi connectivity index (χ3n) is 4.65. The fourth-order valence-electron chi connectivity index (χ4n) is 3.24. The summed E-state index contributed by atoms with van der Waals surface area (Å²) < 4.78 is 10.7. The lowest BCUT2D eigenvalue weighted by atomic mass is 9.97. The minimum Gasteiger partial charge on any atom is -0.467 e. The lowest BCUT2D eigenvalue weighted by molar-refractivity contribution is -0.129. The van der Waals surface area contributed by atoms with Crippen LogP contribution in [-0.2, 0) is 16.1 Å². The van der Waals surface area contributed by atoms with E-state index in [4.69, 9.17) is 9.15 Å². The van der Waals surface area contributed by atoms with Crippen LogP contribution in [0, 0.1) is 0 Å². The third kappa shape index (κ3) is 3.47. The van der Waals surface area contributed by atoms with Crippen molar-refractivity contribution in [2.45, 2.75) is 19.6 Å². The largest absolute Gasteiger partial charge is 0.467 e. The molecule has 5 nitrogen and oxygen atoms in total. The Morgan fingerprint density at radius 2 is 1.61 bits per heavy atom. The Kier molecular flexibility index (Phi) is 4.81. The lowest BCUT2D eigenvalue weighted by Crippen LogP contribution is -2.35. The minimum atomic E-state index is -0.930. The van der Waals surface area contributed by atoms with Crippen LogP contribution in [0.4, 0.5) is 0 Å². The van der Waals surface area contributed by atoms with Gasteiger partial charge in [-0.2, -0.15) is 0 Å². The summed E-state index contributed by atoms with van der Waals surface area (Å²) in [5.74, 6) is -0.269. The second-order valence-electron chi connectivity index (χ2n) is 6.54. The molecule has 0 radical (unpaired) electrons. The lowest BCUT2D eigenvalue weighted by Gasteiger charge is -2.15. The molecule has 1 aromatic heterocycles. The molecule has 1 amide bonds. The molecule has 1 atom stereocenters. The first-order valence-electron chi connectivity index (χ1n) is 9.05. The predicted octanol–water partition coefficient (Wildman–Crippen LogP) is 4.45. The minimum absolute atomic E-state index is 0.241. The average molecular weight is 373 g/mol. The number of rotatable bonds is 5. The fourth-order valence-corrected chi connectivity index (χ4v) is 3.24. The monoisotopic (exact) mass is 373 g/mol. The van der Waals surface area contributed by atoms with Crippen molar-refractivity contribution < 1.29 is 18.7 Å². The van der Waals surface area contributed by atoms with Crippen LogP contribution in [0.2, 0.25) is 0 Å². The van der Waals surface area contributed by atoms with Gasteiger partial charge in [0, 0.05) is 0 Å². The highest BCUT2D eigenvalue weighted by Gasteiger charge is 2.22. The first-order chi connectivity index (χ1) is 13.6. The van der Waals surface area contributed by atoms with Gasteiger partial charge in [-0.05, 0) is 46.7 Å². The number of fused-ring (bicyclic) bond motifs is 2. The zero-order chi connectivity index (χ0) is 19.5. The van der Waals surface area contributed by atoms with Crippen molar-refractivity contribution in [1.29, 1.82) is 0 Å². The van der Waals surface area contributed by atoms with Crippen molar-refractivity contribution in [2.75, 3.05) is 0 Å². The number of benzene rings is 3. The quantitative estimate of drug-likeness (QED) is 0.415. The van der Waals surface area contributed by atoms with E-state index in [9.17, 15) is 9.59 Å². The molecule has 0 aliphatic rings. The van der Waals surface area contributed by atoms with Gasteiger partial charge in [0.2, 0.25) is 0 Å². The van der Waals surface area contributed by atoms with Gasteiger partial charge in [-0.15, -0.1) is 0 Å². The Hall–Kier alpha value is -3.60. The number of amides is 1. The number of carbonyl (C=O) groups excluding carboxylic acids is 2. The standard InChI is InChI=1S/C23H19NO4/c1-15(22(25)24-14-18-9-6-12-27-18)28-23(26)21-19-10-4-2-7-16(19)13-17-8-3-5-11-20(17)21/h2-13,15H,14H2,1H3,(H,24,25)/t15-/m1/s1. The molecule has 4 aromatic rings. The number of hydrogen-bond acceptors (Lipinski definition) is 4. The van der Waals surface area contributed by atoms with E-state index in [1.165, 1.54) is 6.26 Å². The highest BCUT2D eigenvalue weighted by Crippen LogP contribution is 2.29. The maximum Gasteiger partial charge on any atom is 0.340 e. The SMILES string of the molecule is C[C@@H](OC(=O)c1c2ccccc2cc2ccccc12)C(=O)NCc1ccco1. The van der Waals surface area contributed by atoms with Crippen molar-refractivity contribution in [3.05, 3.63) is 84.3 Å². The van der Waals surface area contributed by atoms with Crippen molar-refractivity contribution in [2.24, 2.45) is 0 Å². The molecule has 0 aliphatic heterocycles. The summed E-state index contributed by atoms with van der Waals surface area (Å²) in [5.41, 5.74) is 0.472. The van der Waals surface area contributed by atoms with Gasteiger partial charge < -0.3 is 14.5 Å². The Bertz CT molecular complexity index is 1090. The number of hydrogen-bond donors (Lipinski definition) is 1. The van der Waals surface area contributed by atoms with Crippen LogP contribution >= 0.6 is 0 Å². The van der Waals surface area contributed by atoms with Crippen molar-refractivity contribution >= 4 is 33.4 Å². The molecule has 0 fully saturated rings. The van der Waals surface area contributed by atoms with E-state index in [2.05, 4.69) is 5.32 Å². The van der Waals surface area contributed by atoms with Crippen molar-refractivity contribution in [3.8, 4) is 0 Å². The molecule has 4 rings (SSSR count). The van der Waals surface area contributed by atoms with Crippen LogP contribution < -0.4 is 5.32 Å². The van der Waals surface area contributed by atoms with E-state index in [0.717, 1.165) is 21.5 Å². The molecule has 1 N–H and O–H groups in total. The van der Waals surface area contributed by atoms with Crippen LogP contribution in [0.5, 0.6) is 0 Å². The first kappa shape index (κ1) is 17.8. The van der Waals surface area contributed by atoms with Gasteiger partial charge in [0.25, 0.3) is 5.91 Å². The molecule has 0 spiro atoms. The fraction of sp³-hybridized carbons (Fsp3) is 0.130. The Labute approximate surface area is 161 Å². The van der Waals surface area contributed by atoms with Gasteiger partial charge in [0.15, 0.2) is 6.10 Å². The van der Waals surface area contributed by atoms with Crippen molar-refractivity contribution in [3.63, 3.8) is 0 Å². The van der Waals surface area contributed by atoms with Gasteiger partial charge in [0.05, 0.1) is 18.4 Å². The van der Waals surface area contributed by atoms with E-state index in [0.29, 0.717) is 11.3 Å². The van der Waals surface area contributed by atoms with Gasteiger partial charge in [-0.25, -0.2) is 4.79 Å². The van der Waals surface area contributed by atoms with Gasteiger partial charge in [0.1, 0.15) is 5.76 Å². The molecule has 1 heterocycles. The second-order valence-corrected chi connectivity index (χ2v) is 6.54. The molecule has 0 bridgehead atoms. The summed E-state index contributed by atoms with van der Waals surface area (Å²) in [6.45, 7) is 1.80. The number of furan rings is 1.